The van der Waals surface area contributed by atoms with Gasteiger partial charge in [0.2, 0.25) is 5.91 Å². The van der Waals surface area contributed by atoms with E-state index in [-0.39, 0.29) is 30.7 Å². The van der Waals surface area contributed by atoms with Gasteiger partial charge in [-0.2, -0.15) is 0 Å². The van der Waals surface area contributed by atoms with Crippen molar-refractivity contribution in [1.29, 1.82) is 0 Å². The molecule has 2 N–H and O–H groups in total. The van der Waals surface area contributed by atoms with E-state index in [1.54, 1.807) is 6.20 Å². The topological polar surface area (TPSA) is 57.3 Å². The number of aromatic nitrogens is 1. The lowest BCUT2D eigenvalue weighted by Gasteiger charge is -2.16. The zero-order valence-electron chi connectivity index (χ0n) is 12.6. The first-order chi connectivity index (χ1) is 9.81. The summed E-state index contributed by atoms with van der Waals surface area (Å²) in [6.45, 7) is 3.51. The van der Waals surface area contributed by atoms with E-state index in [4.69, 9.17) is 0 Å². The zero-order valence-corrected chi connectivity index (χ0v) is 14.2. The number of pyridine rings is 1. The maximum Gasteiger partial charge on any atom is 0.238 e. The highest BCUT2D eigenvalue weighted by atomic mass is 35.5. The molecule has 0 bridgehead atoms. The molecule has 0 aromatic carbocycles. The maximum atomic E-state index is 11.7. The molecule has 0 atom stereocenters. The number of carbonyl (C=O) groups excluding carboxylic acids is 1. The molecule has 7 heteroatoms. The summed E-state index contributed by atoms with van der Waals surface area (Å²) >= 11 is 0. The first-order valence-corrected chi connectivity index (χ1v) is 7.53. The van der Waals surface area contributed by atoms with Crippen LogP contribution in [0.1, 0.15) is 25.7 Å². The first-order valence-electron chi connectivity index (χ1n) is 7.53. The van der Waals surface area contributed by atoms with Gasteiger partial charge in [-0.3, -0.25) is 4.79 Å². The summed E-state index contributed by atoms with van der Waals surface area (Å²) in [7, 11) is 0. The Morgan fingerprint density at radius 1 is 1.23 bits per heavy atom. The molecule has 5 nitrogen and oxygen atoms in total. The van der Waals surface area contributed by atoms with Crippen molar-refractivity contribution in [2.75, 3.05) is 36.4 Å². The van der Waals surface area contributed by atoms with Gasteiger partial charge in [-0.15, -0.1) is 24.8 Å². The molecule has 0 spiro atoms. The zero-order chi connectivity index (χ0) is 13.8. The van der Waals surface area contributed by atoms with Crippen LogP contribution < -0.4 is 15.5 Å². The largest absolute Gasteiger partial charge is 0.357 e. The predicted octanol–water partition coefficient (Wildman–Crippen LogP) is 2.46. The summed E-state index contributed by atoms with van der Waals surface area (Å²) in [5.74, 6) is 1.80. The third-order valence-electron chi connectivity index (χ3n) is 3.88. The van der Waals surface area contributed by atoms with E-state index in [1.807, 2.05) is 12.1 Å². The number of hydrogen-bond donors (Lipinski definition) is 2. The summed E-state index contributed by atoms with van der Waals surface area (Å²) in [6.07, 6.45) is 6.83. The maximum absolute atomic E-state index is 11.7. The molecule has 1 saturated carbocycles. The van der Waals surface area contributed by atoms with Gasteiger partial charge in [-0.25, -0.2) is 4.98 Å². The van der Waals surface area contributed by atoms with Crippen LogP contribution in [0, 0.1) is 5.92 Å². The number of anilines is 2. The Balaban J connectivity index is 0.00000121. The van der Waals surface area contributed by atoms with Gasteiger partial charge in [-0.05, 0) is 50.3 Å². The number of halogens is 2. The highest BCUT2D eigenvalue weighted by Crippen LogP contribution is 2.27. The Kier molecular flexibility index (Phi) is 7.93. The Morgan fingerprint density at radius 2 is 1.95 bits per heavy atom. The molecule has 2 aliphatic rings. The fourth-order valence-electron chi connectivity index (χ4n) is 2.51. The fourth-order valence-corrected chi connectivity index (χ4v) is 2.51. The molecular weight excluding hydrogens is 323 g/mol. The summed E-state index contributed by atoms with van der Waals surface area (Å²) in [5.41, 5.74) is 0.770. The van der Waals surface area contributed by atoms with Crippen LogP contribution in [0.3, 0.4) is 0 Å². The fraction of sp³-hybridized carbons (Fsp3) is 0.600. The van der Waals surface area contributed by atoms with Crippen LogP contribution >= 0.6 is 24.8 Å². The van der Waals surface area contributed by atoms with E-state index in [9.17, 15) is 4.79 Å². The minimum Gasteiger partial charge on any atom is -0.357 e. The van der Waals surface area contributed by atoms with Crippen LogP contribution in [-0.2, 0) is 4.79 Å². The molecule has 0 unspecified atom stereocenters. The van der Waals surface area contributed by atoms with E-state index >= 15 is 0 Å². The number of carbonyl (C=O) groups is 1. The van der Waals surface area contributed by atoms with Crippen LogP contribution in [0.25, 0.3) is 0 Å². The lowest BCUT2D eigenvalue weighted by molar-refractivity contribution is -0.115. The standard InChI is InChI=1S/C15H22N4O.2ClH/c20-15(11-16-9-12-3-4-12)18-13-5-6-14(17-10-13)19-7-1-2-8-19;;/h5-6,10,12,16H,1-4,7-9,11H2,(H,18,20);2*1H. The van der Waals surface area contributed by atoms with Crippen molar-refractivity contribution in [1.82, 2.24) is 10.3 Å². The third-order valence-corrected chi connectivity index (χ3v) is 3.88. The molecule has 2 heterocycles. The van der Waals surface area contributed by atoms with E-state index in [1.165, 1.54) is 25.7 Å². The minimum atomic E-state index is 0. The van der Waals surface area contributed by atoms with E-state index < -0.39 is 0 Å². The number of nitrogens with one attached hydrogen (secondary N) is 2. The van der Waals surface area contributed by atoms with Crippen LogP contribution in [-0.4, -0.2) is 37.1 Å². The minimum absolute atomic E-state index is 0. The van der Waals surface area contributed by atoms with Crippen molar-refractivity contribution in [3.05, 3.63) is 18.3 Å². The molecule has 2 fully saturated rings. The Labute approximate surface area is 144 Å². The molecule has 1 aliphatic heterocycles. The SMILES string of the molecule is Cl.Cl.O=C(CNCC1CC1)Nc1ccc(N2CCCC2)nc1. The smallest absolute Gasteiger partial charge is 0.238 e. The van der Waals surface area contributed by atoms with Gasteiger partial charge in [0.15, 0.2) is 0 Å². The lowest BCUT2D eigenvalue weighted by atomic mass is 10.3. The summed E-state index contributed by atoms with van der Waals surface area (Å²) < 4.78 is 0. The van der Waals surface area contributed by atoms with Crippen LogP contribution in [0.5, 0.6) is 0 Å². The molecule has 22 heavy (non-hydrogen) atoms. The Morgan fingerprint density at radius 3 is 2.55 bits per heavy atom. The van der Waals surface area contributed by atoms with Crippen molar-refractivity contribution in [3.8, 4) is 0 Å². The van der Waals surface area contributed by atoms with Crippen LogP contribution in [0.2, 0.25) is 0 Å². The average Bonchev–Trinajstić information content (AvgIpc) is 3.11. The molecule has 124 valence electrons. The van der Waals surface area contributed by atoms with Gasteiger partial charge in [0.25, 0.3) is 0 Å². The third kappa shape index (κ3) is 5.63. The van der Waals surface area contributed by atoms with Gasteiger partial charge in [0, 0.05) is 13.1 Å². The molecule has 1 aromatic heterocycles. The molecular formula is C15H24Cl2N4O. The Hall–Kier alpha value is -1.04. The number of amides is 1. The molecule has 0 radical (unpaired) electrons. The van der Waals surface area contributed by atoms with Gasteiger partial charge in [-0.1, -0.05) is 0 Å². The average molecular weight is 347 g/mol. The van der Waals surface area contributed by atoms with E-state index in [2.05, 4.69) is 20.5 Å². The monoisotopic (exact) mass is 346 g/mol. The summed E-state index contributed by atoms with van der Waals surface area (Å²) in [6, 6.07) is 3.91. The van der Waals surface area contributed by atoms with Crippen LogP contribution in [0.4, 0.5) is 11.5 Å². The first kappa shape index (κ1) is 19.0. The van der Waals surface area contributed by atoms with Crippen molar-refractivity contribution in [3.63, 3.8) is 0 Å². The molecule has 3 rings (SSSR count). The van der Waals surface area contributed by atoms with E-state index in [0.717, 1.165) is 37.1 Å². The second-order valence-corrected chi connectivity index (χ2v) is 5.72. The van der Waals surface area contributed by atoms with Gasteiger partial charge < -0.3 is 15.5 Å². The Bertz CT molecular complexity index is 459. The highest BCUT2D eigenvalue weighted by Gasteiger charge is 2.20. The lowest BCUT2D eigenvalue weighted by Crippen LogP contribution is -2.29. The second kappa shape index (κ2) is 9.18. The summed E-state index contributed by atoms with van der Waals surface area (Å²) in [5, 5.41) is 6.05. The summed E-state index contributed by atoms with van der Waals surface area (Å²) in [4.78, 5) is 18.4. The van der Waals surface area contributed by atoms with E-state index in [0.29, 0.717) is 6.54 Å². The van der Waals surface area contributed by atoms with Gasteiger partial charge >= 0.3 is 0 Å². The highest BCUT2D eigenvalue weighted by molar-refractivity contribution is 5.92. The van der Waals surface area contributed by atoms with Crippen molar-refractivity contribution in [2.24, 2.45) is 5.92 Å². The predicted molar refractivity (Wildman–Crippen MR) is 94.4 cm³/mol. The number of nitrogens with zero attached hydrogens (tertiary/aromatic N) is 2. The molecule has 1 saturated heterocycles. The van der Waals surface area contributed by atoms with Crippen molar-refractivity contribution >= 4 is 42.2 Å². The van der Waals surface area contributed by atoms with Crippen molar-refractivity contribution in [2.45, 2.75) is 25.7 Å². The van der Waals surface area contributed by atoms with Crippen molar-refractivity contribution < 1.29 is 4.79 Å². The molecule has 1 aliphatic carbocycles. The normalized spacial score (nSPS) is 16.6. The second-order valence-electron chi connectivity index (χ2n) is 5.72. The van der Waals surface area contributed by atoms with Crippen LogP contribution in [0.15, 0.2) is 18.3 Å². The quantitative estimate of drug-likeness (QED) is 0.830. The van der Waals surface area contributed by atoms with Gasteiger partial charge in [0.05, 0.1) is 18.4 Å². The number of hydrogen-bond acceptors (Lipinski definition) is 4. The molecule has 1 amide bonds. The number of rotatable bonds is 6. The molecule has 1 aromatic rings. The van der Waals surface area contributed by atoms with Gasteiger partial charge in [0.1, 0.15) is 5.82 Å².